The van der Waals surface area contributed by atoms with Gasteiger partial charge >= 0.3 is 6.18 Å². The largest absolute Gasteiger partial charge is 0.464 e. The number of carbonyl (C=O) groups excluding carboxylic acids is 2. The van der Waals surface area contributed by atoms with Crippen molar-refractivity contribution in [3.63, 3.8) is 0 Å². The van der Waals surface area contributed by atoms with Gasteiger partial charge in [0.1, 0.15) is 5.58 Å². The zero-order chi connectivity index (χ0) is 24.6. The van der Waals surface area contributed by atoms with Gasteiger partial charge in [0.05, 0.1) is 23.4 Å². The number of benzene rings is 3. The maximum atomic E-state index is 13.3. The van der Waals surface area contributed by atoms with Crippen molar-refractivity contribution < 1.29 is 27.2 Å². The predicted octanol–water partition coefficient (Wildman–Crippen LogP) is 5.76. The minimum absolute atomic E-state index is 0.204. The standard InChI is InChI=1S/C27H21F3N2O3/c28-27(29,30)18-6-3-5-17(15-18)20-7-1-2-8-23(20)26(34)32-13-11-19(32)16-31-25(33)22-9-4-10-24-21(22)12-14-35-24/h1-10,12,14-15,19H,11,13,16H2,(H,31,33). The van der Waals surface area contributed by atoms with Crippen LogP contribution in [0.2, 0.25) is 0 Å². The molecule has 2 heterocycles. The molecule has 1 fully saturated rings. The van der Waals surface area contributed by atoms with Crippen molar-refractivity contribution in [2.45, 2.75) is 18.6 Å². The number of rotatable bonds is 5. The van der Waals surface area contributed by atoms with E-state index in [0.29, 0.717) is 46.2 Å². The number of furan rings is 1. The predicted molar refractivity (Wildman–Crippen MR) is 125 cm³/mol. The lowest BCUT2D eigenvalue weighted by molar-refractivity contribution is -0.137. The van der Waals surface area contributed by atoms with Gasteiger partial charge < -0.3 is 14.6 Å². The Balaban J connectivity index is 1.32. The minimum Gasteiger partial charge on any atom is -0.464 e. The van der Waals surface area contributed by atoms with E-state index < -0.39 is 11.7 Å². The molecule has 5 nitrogen and oxygen atoms in total. The molecule has 35 heavy (non-hydrogen) atoms. The van der Waals surface area contributed by atoms with Crippen LogP contribution in [0, 0.1) is 0 Å². The Hall–Kier alpha value is -4.07. The molecule has 1 unspecified atom stereocenters. The van der Waals surface area contributed by atoms with Crippen LogP contribution in [0.1, 0.15) is 32.7 Å². The molecule has 1 saturated heterocycles. The van der Waals surface area contributed by atoms with E-state index in [1.165, 1.54) is 12.3 Å². The van der Waals surface area contributed by atoms with E-state index in [2.05, 4.69) is 5.32 Å². The Kier molecular flexibility index (Phi) is 5.80. The normalized spacial score (nSPS) is 15.6. The Labute approximate surface area is 199 Å². The molecule has 0 bridgehead atoms. The maximum Gasteiger partial charge on any atom is 0.416 e. The van der Waals surface area contributed by atoms with Crippen LogP contribution in [0.15, 0.2) is 83.5 Å². The third-order valence-corrected chi connectivity index (χ3v) is 6.30. The van der Waals surface area contributed by atoms with Gasteiger partial charge in [-0.25, -0.2) is 0 Å². The molecule has 8 heteroatoms. The van der Waals surface area contributed by atoms with E-state index in [0.717, 1.165) is 12.1 Å². The fraction of sp³-hybridized carbons (Fsp3) is 0.185. The molecule has 1 aliphatic rings. The van der Waals surface area contributed by atoms with Crippen molar-refractivity contribution >= 4 is 22.8 Å². The van der Waals surface area contributed by atoms with E-state index in [-0.39, 0.29) is 24.4 Å². The molecule has 0 saturated carbocycles. The number of amides is 2. The van der Waals surface area contributed by atoms with Crippen molar-refractivity contribution in [2.75, 3.05) is 13.1 Å². The number of halogens is 3. The highest BCUT2D eigenvalue weighted by molar-refractivity contribution is 6.06. The molecule has 1 aromatic heterocycles. The van der Waals surface area contributed by atoms with Crippen molar-refractivity contribution in [1.82, 2.24) is 10.2 Å². The van der Waals surface area contributed by atoms with Crippen LogP contribution >= 0.6 is 0 Å². The summed E-state index contributed by atoms with van der Waals surface area (Å²) in [5, 5.41) is 3.60. The number of nitrogens with zero attached hydrogens (tertiary/aromatic N) is 1. The number of carbonyl (C=O) groups is 2. The van der Waals surface area contributed by atoms with Gasteiger partial charge in [-0.1, -0.05) is 36.4 Å². The van der Waals surface area contributed by atoms with E-state index >= 15 is 0 Å². The molecule has 0 aliphatic carbocycles. The maximum absolute atomic E-state index is 13.3. The van der Waals surface area contributed by atoms with E-state index in [1.54, 1.807) is 59.5 Å². The number of fused-ring (bicyclic) bond motifs is 1. The number of alkyl halides is 3. The van der Waals surface area contributed by atoms with Gasteiger partial charge in [-0.05, 0) is 53.9 Å². The summed E-state index contributed by atoms with van der Waals surface area (Å²) in [6, 6.07) is 18.3. The second-order valence-corrected chi connectivity index (χ2v) is 8.41. The first kappa shape index (κ1) is 22.7. The van der Waals surface area contributed by atoms with Crippen LogP contribution in [0.5, 0.6) is 0 Å². The fourth-order valence-corrected chi connectivity index (χ4v) is 4.36. The average Bonchev–Trinajstić information content (AvgIpc) is 3.32. The highest BCUT2D eigenvalue weighted by Crippen LogP contribution is 2.34. The van der Waals surface area contributed by atoms with E-state index in [9.17, 15) is 22.8 Å². The van der Waals surface area contributed by atoms with Crippen LogP contribution in [-0.2, 0) is 6.18 Å². The molecule has 0 spiro atoms. The van der Waals surface area contributed by atoms with Gasteiger partial charge in [-0.3, -0.25) is 9.59 Å². The van der Waals surface area contributed by atoms with Gasteiger partial charge in [0.15, 0.2) is 0 Å². The Morgan fingerprint density at radius 3 is 2.51 bits per heavy atom. The summed E-state index contributed by atoms with van der Waals surface area (Å²) in [5.74, 6) is -0.541. The minimum atomic E-state index is -4.48. The van der Waals surface area contributed by atoms with Crippen LogP contribution in [0.4, 0.5) is 13.2 Å². The van der Waals surface area contributed by atoms with Crippen LogP contribution in [0.3, 0.4) is 0 Å². The Bertz CT molecular complexity index is 1410. The third-order valence-electron chi connectivity index (χ3n) is 6.30. The summed E-state index contributed by atoms with van der Waals surface area (Å²) in [4.78, 5) is 27.7. The average molecular weight is 478 g/mol. The molecule has 1 atom stereocenters. The van der Waals surface area contributed by atoms with Gasteiger partial charge in [0.25, 0.3) is 11.8 Å². The monoisotopic (exact) mass is 478 g/mol. The summed E-state index contributed by atoms with van der Waals surface area (Å²) in [6.07, 6.45) is -2.24. The van der Waals surface area contributed by atoms with E-state index in [1.807, 2.05) is 0 Å². The molecule has 3 aromatic carbocycles. The van der Waals surface area contributed by atoms with E-state index in [4.69, 9.17) is 4.42 Å². The molecular formula is C27H21F3N2O3. The summed E-state index contributed by atoms with van der Waals surface area (Å²) in [6.45, 7) is 0.776. The lowest BCUT2D eigenvalue weighted by Gasteiger charge is -2.41. The second-order valence-electron chi connectivity index (χ2n) is 8.41. The number of likely N-dealkylation sites (tertiary alicyclic amines) is 1. The van der Waals surface area contributed by atoms with Crippen LogP contribution in [-0.4, -0.2) is 35.8 Å². The molecule has 5 rings (SSSR count). The molecule has 178 valence electrons. The molecule has 1 N–H and O–H groups in total. The quantitative estimate of drug-likeness (QED) is 0.397. The number of hydrogen-bond acceptors (Lipinski definition) is 3. The highest BCUT2D eigenvalue weighted by Gasteiger charge is 2.34. The van der Waals surface area contributed by atoms with Crippen LogP contribution in [0.25, 0.3) is 22.1 Å². The molecule has 0 radical (unpaired) electrons. The van der Waals surface area contributed by atoms with Gasteiger partial charge in [0, 0.05) is 24.0 Å². The van der Waals surface area contributed by atoms with Gasteiger partial charge in [0.2, 0.25) is 0 Å². The molecule has 2 amide bonds. The molecular weight excluding hydrogens is 457 g/mol. The molecule has 1 aliphatic heterocycles. The first-order valence-electron chi connectivity index (χ1n) is 11.1. The number of nitrogens with one attached hydrogen (secondary N) is 1. The summed E-state index contributed by atoms with van der Waals surface area (Å²) < 4.78 is 45.0. The number of hydrogen-bond donors (Lipinski definition) is 1. The third kappa shape index (κ3) is 4.39. The molecule has 4 aromatic rings. The van der Waals surface area contributed by atoms with Crippen molar-refractivity contribution in [3.05, 3.63) is 95.7 Å². The second kappa shape index (κ2) is 8.94. The Morgan fingerprint density at radius 1 is 0.971 bits per heavy atom. The lowest BCUT2D eigenvalue weighted by Crippen LogP contribution is -2.56. The SMILES string of the molecule is O=C(NCC1CCN1C(=O)c1ccccc1-c1cccc(C(F)(F)F)c1)c1cccc2occc12. The Morgan fingerprint density at radius 2 is 1.74 bits per heavy atom. The summed E-state index contributed by atoms with van der Waals surface area (Å²) in [7, 11) is 0. The first-order valence-corrected chi connectivity index (χ1v) is 11.1. The summed E-state index contributed by atoms with van der Waals surface area (Å²) >= 11 is 0. The fourth-order valence-electron chi connectivity index (χ4n) is 4.36. The van der Waals surface area contributed by atoms with Gasteiger partial charge in [-0.15, -0.1) is 0 Å². The van der Waals surface area contributed by atoms with Crippen molar-refractivity contribution in [2.24, 2.45) is 0 Å². The summed E-state index contributed by atoms with van der Waals surface area (Å²) in [5.41, 5.74) is 1.42. The topological polar surface area (TPSA) is 62.6 Å². The van der Waals surface area contributed by atoms with Crippen molar-refractivity contribution in [3.8, 4) is 11.1 Å². The lowest BCUT2D eigenvalue weighted by atomic mass is 9.94. The van der Waals surface area contributed by atoms with Gasteiger partial charge in [-0.2, -0.15) is 13.2 Å². The zero-order valence-electron chi connectivity index (χ0n) is 18.5. The first-order chi connectivity index (χ1) is 16.8. The zero-order valence-corrected chi connectivity index (χ0v) is 18.5. The van der Waals surface area contributed by atoms with Crippen LogP contribution < -0.4 is 5.32 Å². The van der Waals surface area contributed by atoms with Crippen molar-refractivity contribution in [1.29, 1.82) is 0 Å². The highest BCUT2D eigenvalue weighted by atomic mass is 19.4. The smallest absolute Gasteiger partial charge is 0.416 e.